The zero-order valence-electron chi connectivity index (χ0n) is 18.1. The van der Waals surface area contributed by atoms with Crippen molar-refractivity contribution in [1.82, 2.24) is 0 Å². The average Bonchev–Trinajstić information content (AvgIpc) is 3.59. The Kier molecular flexibility index (Phi) is 3.65. The summed E-state index contributed by atoms with van der Waals surface area (Å²) >= 11 is 0. The van der Waals surface area contributed by atoms with E-state index in [2.05, 4.69) is 25.3 Å². The van der Waals surface area contributed by atoms with Crippen LogP contribution in [-0.2, 0) is 37.6 Å². The Balaban J connectivity index is 1.30. The Morgan fingerprint density at radius 2 is 2.00 bits per heavy atom. The van der Waals surface area contributed by atoms with Gasteiger partial charge in [0.15, 0.2) is 12.4 Å². The van der Waals surface area contributed by atoms with Gasteiger partial charge in [0.05, 0.1) is 6.10 Å². The van der Waals surface area contributed by atoms with Crippen LogP contribution in [0.3, 0.4) is 0 Å². The second kappa shape index (κ2) is 5.69. The number of cyclic esters (lactones) is 1. The number of phosphoric ester groups is 1. The van der Waals surface area contributed by atoms with Crippen LogP contribution in [0.25, 0.3) is 0 Å². The third kappa shape index (κ3) is 2.05. The molecule has 176 valence electrons. The first-order valence-corrected chi connectivity index (χ1v) is 12.8. The van der Waals surface area contributed by atoms with Gasteiger partial charge in [-0.3, -0.25) is 4.52 Å². The molecule has 4 heterocycles. The van der Waals surface area contributed by atoms with Crippen molar-refractivity contribution >= 4 is 13.8 Å². The van der Waals surface area contributed by atoms with Crippen LogP contribution in [0.5, 0.6) is 0 Å². The highest BCUT2D eigenvalue weighted by atomic mass is 31.2. The second-order valence-corrected chi connectivity index (χ2v) is 12.0. The SMILES string of the molecule is CC(C)[C@]12O[C@H]1[C@@H]1O[C@@]13[C@@]1(C)CCC4=C(COC4=O)[C@@H]1CC1O[C@@]13[C@@H]2OCOP(=O)(O)O. The molecule has 0 aromatic rings. The summed E-state index contributed by atoms with van der Waals surface area (Å²) < 4.78 is 46.7. The highest BCUT2D eigenvalue weighted by Crippen LogP contribution is 2.83. The Morgan fingerprint density at radius 1 is 1.22 bits per heavy atom. The Morgan fingerprint density at radius 3 is 2.72 bits per heavy atom. The number of carbonyl (C=O) groups is 1. The monoisotopic (exact) mass is 470 g/mol. The fourth-order valence-corrected chi connectivity index (χ4v) is 8.28. The Bertz CT molecular complexity index is 1020. The summed E-state index contributed by atoms with van der Waals surface area (Å²) in [5, 5.41) is 0. The van der Waals surface area contributed by atoms with E-state index in [1.165, 1.54) is 0 Å². The van der Waals surface area contributed by atoms with Gasteiger partial charge in [-0.15, -0.1) is 0 Å². The summed E-state index contributed by atoms with van der Waals surface area (Å²) in [7, 11) is -4.68. The van der Waals surface area contributed by atoms with Crippen molar-refractivity contribution in [2.45, 2.75) is 81.3 Å². The maximum absolute atomic E-state index is 12.2. The summed E-state index contributed by atoms with van der Waals surface area (Å²) in [4.78, 5) is 30.5. The van der Waals surface area contributed by atoms with E-state index in [0.29, 0.717) is 13.0 Å². The van der Waals surface area contributed by atoms with Crippen LogP contribution in [0.2, 0.25) is 0 Å². The first kappa shape index (κ1) is 20.5. The average molecular weight is 470 g/mol. The van der Waals surface area contributed by atoms with Crippen molar-refractivity contribution in [2.24, 2.45) is 17.3 Å². The van der Waals surface area contributed by atoms with Gasteiger partial charge in [0.25, 0.3) is 0 Å². The molecule has 32 heavy (non-hydrogen) atoms. The van der Waals surface area contributed by atoms with E-state index < -0.39 is 37.5 Å². The topological polar surface area (TPSA) is 140 Å². The van der Waals surface area contributed by atoms with Crippen LogP contribution >= 0.6 is 7.82 Å². The molecule has 1 unspecified atom stereocenters. The van der Waals surface area contributed by atoms with Gasteiger partial charge in [0.2, 0.25) is 0 Å². The standard InChI is InChI=1S/C21H27O10P/c1-9(2)19-14(30-19)15-21(31-15)18(3)5-4-10-11(7-26-16(10)22)12(18)6-13-20(21,29-13)17(19)27-8-28-32(23,24)25/h9,12-15,17H,4-8H2,1-3H3,(H2,23,24,25)/t12-,13?,14-,15-,17+,18-,19-,20+,21+/m0/s1. The summed E-state index contributed by atoms with van der Waals surface area (Å²) in [5.74, 6) is -0.00758. The number of fused-ring (bicyclic) bond motifs is 4. The maximum Gasteiger partial charge on any atom is 0.471 e. The molecule has 0 radical (unpaired) electrons. The molecule has 3 aliphatic carbocycles. The van der Waals surface area contributed by atoms with Crippen molar-refractivity contribution < 1.29 is 47.4 Å². The lowest BCUT2D eigenvalue weighted by Crippen LogP contribution is -2.69. The van der Waals surface area contributed by atoms with E-state index in [1.54, 1.807) is 0 Å². The predicted octanol–water partition coefficient (Wildman–Crippen LogP) is 1.19. The first-order valence-electron chi connectivity index (χ1n) is 11.3. The highest BCUT2D eigenvalue weighted by molar-refractivity contribution is 7.46. The number of carbonyl (C=O) groups excluding carboxylic acids is 1. The van der Waals surface area contributed by atoms with Crippen LogP contribution in [0, 0.1) is 17.3 Å². The normalized spacial score (nSPS) is 54.1. The number of ether oxygens (including phenoxy) is 5. The highest BCUT2D eigenvalue weighted by Gasteiger charge is 3.00. The van der Waals surface area contributed by atoms with Gasteiger partial charge in [0.1, 0.15) is 36.1 Å². The van der Waals surface area contributed by atoms with Gasteiger partial charge in [-0.2, -0.15) is 0 Å². The second-order valence-electron chi connectivity index (χ2n) is 10.8. The van der Waals surface area contributed by atoms with Gasteiger partial charge in [-0.05, 0) is 36.7 Å². The van der Waals surface area contributed by atoms with Gasteiger partial charge in [-0.1, -0.05) is 20.8 Å². The van der Waals surface area contributed by atoms with Gasteiger partial charge < -0.3 is 33.5 Å². The maximum atomic E-state index is 12.2. The molecule has 9 atom stereocenters. The lowest BCUT2D eigenvalue weighted by Gasteiger charge is -2.54. The van der Waals surface area contributed by atoms with Crippen molar-refractivity contribution in [1.29, 1.82) is 0 Å². The summed E-state index contributed by atoms with van der Waals surface area (Å²) in [5.41, 5.74) is -0.447. The Hall–Kier alpha value is -0.840. The van der Waals surface area contributed by atoms with Crippen molar-refractivity contribution in [3.05, 3.63) is 11.1 Å². The van der Waals surface area contributed by atoms with Crippen LogP contribution in [0.4, 0.5) is 0 Å². The van der Waals surface area contributed by atoms with E-state index >= 15 is 0 Å². The van der Waals surface area contributed by atoms with E-state index in [1.807, 2.05) is 0 Å². The van der Waals surface area contributed by atoms with E-state index in [4.69, 9.17) is 33.5 Å². The molecule has 0 amide bonds. The van der Waals surface area contributed by atoms with E-state index in [0.717, 1.165) is 24.0 Å². The zero-order chi connectivity index (χ0) is 22.5. The third-order valence-corrected chi connectivity index (χ3v) is 9.96. The number of esters is 1. The molecule has 0 aromatic heterocycles. The Labute approximate surface area is 184 Å². The molecule has 0 aromatic carbocycles. The summed E-state index contributed by atoms with van der Waals surface area (Å²) in [6, 6.07) is 0. The third-order valence-electron chi connectivity index (χ3n) is 9.52. The fraction of sp³-hybridized carbons (Fsp3) is 0.857. The van der Waals surface area contributed by atoms with Crippen LogP contribution < -0.4 is 0 Å². The minimum Gasteiger partial charge on any atom is -0.458 e. The van der Waals surface area contributed by atoms with Gasteiger partial charge in [-0.25, -0.2) is 9.36 Å². The van der Waals surface area contributed by atoms with Crippen LogP contribution in [0.1, 0.15) is 40.0 Å². The number of hydrogen-bond acceptors (Lipinski definition) is 8. The molecular weight excluding hydrogens is 443 g/mol. The molecule has 11 heteroatoms. The summed E-state index contributed by atoms with van der Waals surface area (Å²) in [6.07, 6.45) is 1.09. The first-order chi connectivity index (χ1) is 15.0. The molecule has 2 spiro atoms. The molecule has 7 aliphatic rings. The zero-order valence-corrected chi connectivity index (χ0v) is 19.0. The molecule has 7 rings (SSSR count). The number of hydrogen-bond donors (Lipinski definition) is 2. The fourth-order valence-electron chi connectivity index (χ4n) is 8.08. The van der Waals surface area contributed by atoms with Crippen molar-refractivity contribution in [3.8, 4) is 0 Å². The minimum absolute atomic E-state index is 0.0843. The summed E-state index contributed by atoms with van der Waals surface area (Å²) in [6.45, 7) is 6.10. The quantitative estimate of drug-likeness (QED) is 0.261. The molecular formula is C21H27O10P. The molecule has 2 N–H and O–H groups in total. The van der Waals surface area contributed by atoms with Crippen molar-refractivity contribution in [2.75, 3.05) is 13.4 Å². The molecule has 5 fully saturated rings. The number of phosphoric acid groups is 1. The number of rotatable bonds is 5. The molecule has 0 bridgehead atoms. The van der Waals surface area contributed by atoms with Crippen molar-refractivity contribution in [3.63, 3.8) is 0 Å². The van der Waals surface area contributed by atoms with E-state index in [-0.39, 0.29) is 41.5 Å². The van der Waals surface area contributed by atoms with Crippen LogP contribution in [-0.4, -0.2) is 70.4 Å². The molecule has 3 saturated heterocycles. The predicted molar refractivity (Wildman–Crippen MR) is 104 cm³/mol. The van der Waals surface area contributed by atoms with Crippen LogP contribution in [0.15, 0.2) is 11.1 Å². The molecule has 4 aliphatic heterocycles. The lowest BCUT2D eigenvalue weighted by atomic mass is 9.46. The lowest BCUT2D eigenvalue weighted by molar-refractivity contribution is -0.155. The van der Waals surface area contributed by atoms with Gasteiger partial charge in [0, 0.05) is 11.0 Å². The smallest absolute Gasteiger partial charge is 0.458 e. The van der Waals surface area contributed by atoms with E-state index in [9.17, 15) is 9.36 Å². The number of epoxide rings is 3. The largest absolute Gasteiger partial charge is 0.471 e. The minimum atomic E-state index is -4.68. The molecule has 10 nitrogen and oxygen atoms in total. The van der Waals surface area contributed by atoms with Gasteiger partial charge >= 0.3 is 13.8 Å². The molecule has 2 saturated carbocycles.